The van der Waals surface area contributed by atoms with Crippen LogP contribution < -0.4 is 18.9 Å². The molecular weight excluding hydrogens is 526 g/mol. The van der Waals surface area contributed by atoms with Crippen molar-refractivity contribution in [2.45, 2.75) is 12.5 Å². The number of methoxy groups -OCH3 is 5. The SMILES string of the molecule is COCCN(CC(=O)N1N=C(c2ccc(OC)cc2)C[C@@H]1c1cc(OC)ccc1OC)C(=O)c1ccc(OC)cc1. The van der Waals surface area contributed by atoms with Gasteiger partial charge in [-0.05, 0) is 72.3 Å². The molecule has 0 aromatic heterocycles. The van der Waals surface area contributed by atoms with Gasteiger partial charge in [0, 0.05) is 31.2 Å². The fraction of sp³-hybridized carbons (Fsp3) is 0.323. The third kappa shape index (κ3) is 6.78. The summed E-state index contributed by atoms with van der Waals surface area (Å²) >= 11 is 0. The molecule has 10 nitrogen and oxygen atoms in total. The molecule has 216 valence electrons. The topological polar surface area (TPSA) is 99.1 Å². The zero-order valence-corrected chi connectivity index (χ0v) is 24.0. The molecule has 2 amide bonds. The van der Waals surface area contributed by atoms with Crippen molar-refractivity contribution in [3.8, 4) is 23.0 Å². The Hall–Kier alpha value is -4.57. The maximum atomic E-state index is 13.9. The minimum absolute atomic E-state index is 0.198. The van der Waals surface area contributed by atoms with Crippen molar-refractivity contribution < 1.29 is 33.3 Å². The molecule has 1 heterocycles. The van der Waals surface area contributed by atoms with E-state index in [1.54, 1.807) is 71.9 Å². The van der Waals surface area contributed by atoms with Crippen molar-refractivity contribution in [1.82, 2.24) is 9.91 Å². The molecule has 3 aromatic carbocycles. The molecule has 1 atom stereocenters. The molecule has 0 saturated heterocycles. The molecule has 0 bridgehead atoms. The Bertz CT molecular complexity index is 1370. The van der Waals surface area contributed by atoms with Crippen molar-refractivity contribution in [2.24, 2.45) is 5.10 Å². The first kappa shape index (κ1) is 29.4. The number of carbonyl (C=O) groups is 2. The first-order valence-electron chi connectivity index (χ1n) is 13.1. The van der Waals surface area contributed by atoms with Gasteiger partial charge in [-0.25, -0.2) is 5.01 Å². The summed E-state index contributed by atoms with van der Waals surface area (Å²) in [4.78, 5) is 28.9. The molecule has 0 fully saturated rings. The molecule has 0 aliphatic carbocycles. The standard InChI is InChI=1S/C31H35N3O7/c1-37-17-16-33(31(36)22-8-12-24(39-3)13-9-22)20-30(35)34-28(26-18-25(40-4)14-15-29(26)41-5)19-27(32-34)21-6-10-23(38-2)11-7-21/h6-15,18,28H,16-17,19-20H2,1-5H3/t28-/m1/s1. The van der Waals surface area contributed by atoms with E-state index in [1.807, 2.05) is 30.3 Å². The lowest BCUT2D eigenvalue weighted by Crippen LogP contribution is -2.42. The number of ether oxygens (including phenoxy) is 5. The van der Waals surface area contributed by atoms with Gasteiger partial charge in [0.15, 0.2) is 0 Å². The number of hydrogen-bond donors (Lipinski definition) is 0. The minimum atomic E-state index is -0.481. The van der Waals surface area contributed by atoms with Crippen LogP contribution in [0.4, 0.5) is 0 Å². The average Bonchev–Trinajstić information content (AvgIpc) is 3.48. The normalized spacial score (nSPS) is 14.3. The van der Waals surface area contributed by atoms with Crippen molar-refractivity contribution in [3.05, 3.63) is 83.4 Å². The van der Waals surface area contributed by atoms with Gasteiger partial charge in [0.25, 0.3) is 11.8 Å². The maximum absolute atomic E-state index is 13.9. The zero-order valence-electron chi connectivity index (χ0n) is 24.0. The van der Waals surface area contributed by atoms with E-state index in [1.165, 1.54) is 9.91 Å². The van der Waals surface area contributed by atoms with Gasteiger partial charge in [0.2, 0.25) is 0 Å². The van der Waals surface area contributed by atoms with Crippen LogP contribution in [0.25, 0.3) is 0 Å². The summed E-state index contributed by atoms with van der Waals surface area (Å²) < 4.78 is 26.9. The number of amides is 2. The van der Waals surface area contributed by atoms with Crippen LogP contribution in [0.2, 0.25) is 0 Å². The van der Waals surface area contributed by atoms with Crippen LogP contribution in [0.1, 0.15) is 33.9 Å². The van der Waals surface area contributed by atoms with Gasteiger partial charge in [-0.15, -0.1) is 0 Å². The molecule has 3 aromatic rings. The third-order valence-electron chi connectivity index (χ3n) is 6.90. The molecule has 0 unspecified atom stereocenters. The van der Waals surface area contributed by atoms with Crippen LogP contribution in [0.5, 0.6) is 23.0 Å². The summed E-state index contributed by atoms with van der Waals surface area (Å²) in [6.45, 7) is 0.294. The number of nitrogens with zero attached hydrogens (tertiary/aromatic N) is 3. The summed E-state index contributed by atoms with van der Waals surface area (Å²) in [5.41, 5.74) is 2.77. The Morgan fingerprint density at radius 3 is 2.02 bits per heavy atom. The first-order valence-corrected chi connectivity index (χ1v) is 13.1. The van der Waals surface area contributed by atoms with Gasteiger partial charge in [-0.2, -0.15) is 5.10 Å². The van der Waals surface area contributed by atoms with Crippen LogP contribution in [0, 0.1) is 0 Å². The van der Waals surface area contributed by atoms with Crippen molar-refractivity contribution in [1.29, 1.82) is 0 Å². The number of hydrazone groups is 1. The number of rotatable bonds is 12. The predicted octanol–water partition coefficient (Wildman–Crippen LogP) is 4.19. The quantitative estimate of drug-likeness (QED) is 0.327. The van der Waals surface area contributed by atoms with Gasteiger partial charge >= 0.3 is 0 Å². The third-order valence-corrected chi connectivity index (χ3v) is 6.90. The van der Waals surface area contributed by atoms with Crippen LogP contribution in [-0.2, 0) is 9.53 Å². The van der Waals surface area contributed by atoms with E-state index in [0.717, 1.165) is 22.6 Å². The Kier molecular flexibility index (Phi) is 9.81. The molecule has 10 heteroatoms. The Labute approximate surface area is 240 Å². The molecule has 0 saturated carbocycles. The first-order chi connectivity index (χ1) is 19.9. The highest BCUT2D eigenvalue weighted by molar-refractivity contribution is 6.04. The van der Waals surface area contributed by atoms with E-state index in [4.69, 9.17) is 28.8 Å². The summed E-state index contributed by atoms with van der Waals surface area (Å²) in [6, 6.07) is 19.2. The molecule has 4 rings (SSSR count). The fourth-order valence-electron chi connectivity index (χ4n) is 4.65. The van der Waals surface area contributed by atoms with Gasteiger partial charge in [-0.1, -0.05) is 0 Å². The molecule has 0 radical (unpaired) electrons. The van der Waals surface area contributed by atoms with E-state index in [2.05, 4.69) is 0 Å². The van der Waals surface area contributed by atoms with Crippen molar-refractivity contribution >= 4 is 17.5 Å². The second kappa shape index (κ2) is 13.7. The summed E-state index contributed by atoms with van der Waals surface area (Å²) in [6.07, 6.45) is 0.437. The van der Waals surface area contributed by atoms with Crippen molar-refractivity contribution in [2.75, 3.05) is 55.2 Å². The lowest BCUT2D eigenvalue weighted by Gasteiger charge is -2.28. The monoisotopic (exact) mass is 561 g/mol. The molecule has 1 aliphatic heterocycles. The highest BCUT2D eigenvalue weighted by atomic mass is 16.5. The minimum Gasteiger partial charge on any atom is -0.497 e. The molecule has 41 heavy (non-hydrogen) atoms. The number of hydrogen-bond acceptors (Lipinski definition) is 8. The van der Waals surface area contributed by atoms with Gasteiger partial charge in [0.05, 0.1) is 46.8 Å². The highest BCUT2D eigenvalue weighted by Gasteiger charge is 2.36. The second-order valence-electron chi connectivity index (χ2n) is 9.29. The Morgan fingerprint density at radius 1 is 0.829 bits per heavy atom. The second-order valence-corrected chi connectivity index (χ2v) is 9.29. The van der Waals surface area contributed by atoms with Gasteiger partial charge < -0.3 is 28.6 Å². The summed E-state index contributed by atoms with van der Waals surface area (Å²) in [7, 11) is 7.88. The predicted molar refractivity (Wildman–Crippen MR) is 154 cm³/mol. The highest BCUT2D eigenvalue weighted by Crippen LogP contribution is 2.39. The zero-order chi connectivity index (χ0) is 29.4. The Morgan fingerprint density at radius 2 is 1.44 bits per heavy atom. The average molecular weight is 562 g/mol. The fourth-order valence-corrected chi connectivity index (χ4v) is 4.65. The summed E-state index contributed by atoms with van der Waals surface area (Å²) in [5.74, 6) is 1.94. The number of benzene rings is 3. The summed E-state index contributed by atoms with van der Waals surface area (Å²) in [5, 5.41) is 6.21. The van der Waals surface area contributed by atoms with Crippen LogP contribution in [-0.4, -0.2) is 82.7 Å². The van der Waals surface area contributed by atoms with Crippen molar-refractivity contribution in [3.63, 3.8) is 0 Å². The van der Waals surface area contributed by atoms with Gasteiger partial charge in [0.1, 0.15) is 29.5 Å². The Balaban J connectivity index is 1.68. The van der Waals surface area contributed by atoms with E-state index < -0.39 is 6.04 Å². The van der Waals surface area contributed by atoms with E-state index >= 15 is 0 Å². The molecule has 0 spiro atoms. The lowest BCUT2D eigenvalue weighted by molar-refractivity contribution is -0.133. The maximum Gasteiger partial charge on any atom is 0.262 e. The van der Waals surface area contributed by atoms with E-state index in [9.17, 15) is 9.59 Å². The molecule has 0 N–H and O–H groups in total. The number of carbonyl (C=O) groups excluding carboxylic acids is 2. The smallest absolute Gasteiger partial charge is 0.262 e. The van der Waals surface area contributed by atoms with Crippen LogP contribution >= 0.6 is 0 Å². The van der Waals surface area contributed by atoms with Crippen LogP contribution in [0.3, 0.4) is 0 Å². The van der Waals surface area contributed by atoms with Crippen LogP contribution in [0.15, 0.2) is 71.8 Å². The largest absolute Gasteiger partial charge is 0.497 e. The molecular formula is C31H35N3O7. The van der Waals surface area contributed by atoms with E-state index in [0.29, 0.717) is 29.2 Å². The lowest BCUT2D eigenvalue weighted by atomic mass is 9.97. The van der Waals surface area contributed by atoms with E-state index in [-0.39, 0.29) is 31.5 Å². The van der Waals surface area contributed by atoms with Gasteiger partial charge in [-0.3, -0.25) is 9.59 Å². The molecule has 1 aliphatic rings.